The second-order valence-corrected chi connectivity index (χ2v) is 4.29. The lowest BCUT2D eigenvalue weighted by atomic mass is 10.0. The molecule has 0 bridgehead atoms. The van der Waals surface area contributed by atoms with Gasteiger partial charge in [0.2, 0.25) is 5.82 Å². The van der Waals surface area contributed by atoms with Crippen molar-refractivity contribution in [1.29, 1.82) is 0 Å². The van der Waals surface area contributed by atoms with Crippen molar-refractivity contribution in [2.24, 2.45) is 0 Å². The van der Waals surface area contributed by atoms with Gasteiger partial charge < -0.3 is 10.0 Å². The number of nitro groups is 1. The normalized spacial score (nSPS) is 11.1. The molecule has 0 saturated heterocycles. The molecule has 0 spiro atoms. The summed E-state index contributed by atoms with van der Waals surface area (Å²) in [5, 5.41) is 19.9. The van der Waals surface area contributed by atoms with E-state index in [-0.39, 0.29) is 5.69 Å². The van der Waals surface area contributed by atoms with Crippen molar-refractivity contribution in [3.8, 4) is 0 Å². The minimum atomic E-state index is -1.39. The van der Waals surface area contributed by atoms with Gasteiger partial charge >= 0.3 is 11.7 Å². The topological polar surface area (TPSA) is 83.7 Å². The standard InChI is InChI=1S/C11H13FN2O4/c1-11(2,10(15)16)13(3)8-6-4-5-7(12)9(8)14(17)18/h4-6H,1-3H3,(H,15,16). The fraction of sp³-hybridized carbons (Fsp3) is 0.364. The van der Waals surface area contributed by atoms with E-state index >= 15 is 0 Å². The van der Waals surface area contributed by atoms with E-state index in [2.05, 4.69) is 0 Å². The zero-order valence-corrected chi connectivity index (χ0v) is 10.2. The molecule has 0 atom stereocenters. The lowest BCUT2D eigenvalue weighted by Crippen LogP contribution is -2.48. The smallest absolute Gasteiger partial charge is 0.328 e. The molecule has 1 aromatic rings. The fourth-order valence-corrected chi connectivity index (χ4v) is 1.40. The molecule has 6 nitrogen and oxygen atoms in total. The van der Waals surface area contributed by atoms with Gasteiger partial charge in [0.15, 0.2) is 0 Å². The molecule has 7 heteroatoms. The number of carboxylic acid groups (broad SMARTS) is 1. The quantitative estimate of drug-likeness (QED) is 0.658. The molecule has 18 heavy (non-hydrogen) atoms. The predicted octanol–water partition coefficient (Wildman–Crippen LogP) is 2.03. The number of nitro benzene ring substituents is 1. The number of anilines is 1. The Morgan fingerprint density at radius 1 is 1.50 bits per heavy atom. The highest BCUT2D eigenvalue weighted by atomic mass is 19.1. The molecule has 0 aliphatic rings. The Kier molecular flexibility index (Phi) is 3.54. The first-order chi connectivity index (χ1) is 8.19. The van der Waals surface area contributed by atoms with Crippen molar-refractivity contribution >= 4 is 17.3 Å². The van der Waals surface area contributed by atoms with E-state index < -0.39 is 27.9 Å². The SMILES string of the molecule is CN(c1cccc(F)c1[N+](=O)[O-])C(C)(C)C(=O)O. The van der Waals surface area contributed by atoms with Gasteiger partial charge in [-0.25, -0.2) is 4.79 Å². The van der Waals surface area contributed by atoms with Crippen LogP contribution < -0.4 is 4.90 Å². The highest BCUT2D eigenvalue weighted by molar-refractivity contribution is 5.84. The molecule has 0 fully saturated rings. The Labute approximate surface area is 103 Å². The first-order valence-corrected chi connectivity index (χ1v) is 5.09. The third-order valence-electron chi connectivity index (χ3n) is 2.87. The van der Waals surface area contributed by atoms with Gasteiger partial charge in [0, 0.05) is 7.05 Å². The number of likely N-dealkylation sites (N-methyl/N-ethyl adjacent to an activating group) is 1. The van der Waals surface area contributed by atoms with E-state index in [9.17, 15) is 19.3 Å². The fourth-order valence-electron chi connectivity index (χ4n) is 1.40. The first kappa shape index (κ1) is 13.9. The zero-order valence-electron chi connectivity index (χ0n) is 10.2. The number of nitrogens with zero attached hydrogens (tertiary/aromatic N) is 2. The van der Waals surface area contributed by atoms with Gasteiger partial charge in [0.05, 0.1) is 4.92 Å². The molecular weight excluding hydrogens is 243 g/mol. The van der Waals surface area contributed by atoms with Crippen molar-refractivity contribution in [3.63, 3.8) is 0 Å². The Morgan fingerprint density at radius 3 is 2.50 bits per heavy atom. The van der Waals surface area contributed by atoms with E-state index in [0.717, 1.165) is 11.0 Å². The average molecular weight is 256 g/mol. The zero-order chi connectivity index (χ0) is 14.1. The number of benzene rings is 1. The van der Waals surface area contributed by atoms with Crippen LogP contribution in [0.4, 0.5) is 15.8 Å². The van der Waals surface area contributed by atoms with Crippen molar-refractivity contribution in [1.82, 2.24) is 0 Å². The average Bonchev–Trinajstić information content (AvgIpc) is 2.26. The molecule has 0 aliphatic carbocycles. The molecule has 0 radical (unpaired) electrons. The van der Waals surface area contributed by atoms with E-state index in [1.807, 2.05) is 0 Å². The number of rotatable bonds is 4. The summed E-state index contributed by atoms with van der Waals surface area (Å²) in [6, 6.07) is 3.57. The lowest BCUT2D eigenvalue weighted by molar-refractivity contribution is -0.386. The summed E-state index contributed by atoms with van der Waals surface area (Å²) in [6.45, 7) is 2.76. The van der Waals surface area contributed by atoms with E-state index in [0.29, 0.717) is 0 Å². The van der Waals surface area contributed by atoms with Crippen LogP contribution in [-0.2, 0) is 4.79 Å². The van der Waals surface area contributed by atoms with Crippen LogP contribution in [0.1, 0.15) is 13.8 Å². The number of para-hydroxylation sites is 1. The Hall–Kier alpha value is -2.18. The molecule has 0 amide bonds. The Bertz CT molecular complexity index is 502. The second-order valence-electron chi connectivity index (χ2n) is 4.29. The molecule has 98 valence electrons. The molecular formula is C11H13FN2O4. The van der Waals surface area contributed by atoms with Crippen LogP contribution in [0.25, 0.3) is 0 Å². The van der Waals surface area contributed by atoms with Crippen molar-refractivity contribution in [2.75, 3.05) is 11.9 Å². The van der Waals surface area contributed by atoms with Crippen molar-refractivity contribution in [3.05, 3.63) is 34.1 Å². The van der Waals surface area contributed by atoms with Gasteiger partial charge in [-0.1, -0.05) is 6.07 Å². The summed E-state index contributed by atoms with van der Waals surface area (Å²) in [4.78, 5) is 22.2. The summed E-state index contributed by atoms with van der Waals surface area (Å²) in [5.41, 5.74) is -2.19. The summed E-state index contributed by atoms with van der Waals surface area (Å²) in [6.07, 6.45) is 0. The molecule has 1 aromatic carbocycles. The number of halogens is 1. The highest BCUT2D eigenvalue weighted by Gasteiger charge is 2.36. The minimum Gasteiger partial charge on any atom is -0.480 e. The first-order valence-electron chi connectivity index (χ1n) is 5.09. The Morgan fingerprint density at radius 2 is 2.06 bits per heavy atom. The van der Waals surface area contributed by atoms with Crippen LogP contribution in [0.15, 0.2) is 18.2 Å². The van der Waals surface area contributed by atoms with Gasteiger partial charge in [-0.15, -0.1) is 0 Å². The highest BCUT2D eigenvalue weighted by Crippen LogP contribution is 2.33. The van der Waals surface area contributed by atoms with E-state index in [1.54, 1.807) is 0 Å². The van der Waals surface area contributed by atoms with Crippen LogP contribution in [0.2, 0.25) is 0 Å². The Balaban J connectivity index is 3.38. The van der Waals surface area contributed by atoms with E-state index in [4.69, 9.17) is 5.11 Å². The molecule has 0 aromatic heterocycles. The summed E-state index contributed by atoms with van der Waals surface area (Å²) < 4.78 is 13.4. The molecule has 0 heterocycles. The number of carboxylic acids is 1. The maximum Gasteiger partial charge on any atom is 0.328 e. The summed E-state index contributed by atoms with van der Waals surface area (Å²) >= 11 is 0. The molecule has 0 aliphatic heterocycles. The third kappa shape index (κ3) is 2.24. The molecule has 1 N–H and O–H groups in total. The second kappa shape index (κ2) is 4.59. The van der Waals surface area contributed by atoms with E-state index in [1.165, 1.54) is 33.0 Å². The predicted molar refractivity (Wildman–Crippen MR) is 63.2 cm³/mol. The van der Waals surface area contributed by atoms with Gasteiger partial charge in [0.1, 0.15) is 11.2 Å². The lowest BCUT2D eigenvalue weighted by Gasteiger charge is -2.33. The molecule has 0 unspecified atom stereocenters. The van der Waals surface area contributed by atoms with Crippen LogP contribution in [-0.4, -0.2) is 28.6 Å². The monoisotopic (exact) mass is 256 g/mol. The maximum absolute atomic E-state index is 13.4. The van der Waals surface area contributed by atoms with Gasteiger partial charge in [-0.3, -0.25) is 10.1 Å². The van der Waals surface area contributed by atoms with Crippen molar-refractivity contribution in [2.45, 2.75) is 19.4 Å². The van der Waals surface area contributed by atoms with Crippen LogP contribution in [0, 0.1) is 15.9 Å². The largest absolute Gasteiger partial charge is 0.480 e. The summed E-state index contributed by atoms with van der Waals surface area (Å²) in [7, 11) is 1.37. The number of aliphatic carboxylic acids is 1. The number of hydrogen-bond acceptors (Lipinski definition) is 4. The van der Waals surface area contributed by atoms with Gasteiger partial charge in [0.25, 0.3) is 0 Å². The number of hydrogen-bond donors (Lipinski definition) is 1. The summed E-state index contributed by atoms with van der Waals surface area (Å²) in [5.74, 6) is -2.16. The van der Waals surface area contributed by atoms with Crippen molar-refractivity contribution < 1.29 is 19.2 Å². The minimum absolute atomic E-state index is 0.0765. The van der Waals surface area contributed by atoms with Crippen LogP contribution in [0.5, 0.6) is 0 Å². The third-order valence-corrected chi connectivity index (χ3v) is 2.87. The van der Waals surface area contributed by atoms with Gasteiger partial charge in [-0.05, 0) is 26.0 Å². The van der Waals surface area contributed by atoms with Crippen LogP contribution in [0.3, 0.4) is 0 Å². The van der Waals surface area contributed by atoms with Crippen LogP contribution >= 0.6 is 0 Å². The molecule has 0 saturated carbocycles. The molecule has 1 rings (SSSR count). The number of carbonyl (C=O) groups is 1. The maximum atomic E-state index is 13.4. The van der Waals surface area contributed by atoms with Gasteiger partial charge in [-0.2, -0.15) is 4.39 Å².